The van der Waals surface area contributed by atoms with Crippen LogP contribution in [0.3, 0.4) is 0 Å². The Morgan fingerprint density at radius 3 is 2.86 bits per heavy atom. The Balaban J connectivity index is 2.04. The van der Waals surface area contributed by atoms with Crippen molar-refractivity contribution in [3.05, 3.63) is 36.0 Å². The van der Waals surface area contributed by atoms with Crippen LogP contribution in [0.25, 0.3) is 21.5 Å². The zero-order valence-electron chi connectivity index (χ0n) is 12.4. The lowest BCUT2D eigenvalue weighted by molar-refractivity contribution is 0.760. The van der Waals surface area contributed by atoms with E-state index in [1.807, 2.05) is 25.1 Å². The molecule has 21 heavy (non-hydrogen) atoms. The van der Waals surface area contributed by atoms with E-state index in [2.05, 4.69) is 46.5 Å². The normalized spacial score (nSPS) is 12.5. The summed E-state index contributed by atoms with van der Waals surface area (Å²) in [6.45, 7) is 6.31. The van der Waals surface area contributed by atoms with Crippen molar-refractivity contribution in [3.63, 3.8) is 0 Å². The van der Waals surface area contributed by atoms with Crippen molar-refractivity contribution in [2.45, 2.75) is 33.2 Å². The predicted octanol–water partition coefficient (Wildman–Crippen LogP) is 4.27. The van der Waals surface area contributed by atoms with E-state index >= 15 is 0 Å². The van der Waals surface area contributed by atoms with Gasteiger partial charge in [0.05, 0.1) is 5.52 Å². The first-order valence-electron chi connectivity index (χ1n) is 7.14. The molecular weight excluding hydrogens is 280 g/mol. The van der Waals surface area contributed by atoms with Gasteiger partial charge in [0.2, 0.25) is 5.13 Å². The van der Waals surface area contributed by atoms with Gasteiger partial charge in [-0.05, 0) is 32.4 Å². The van der Waals surface area contributed by atoms with E-state index in [0.29, 0.717) is 6.04 Å². The van der Waals surface area contributed by atoms with Crippen LogP contribution in [0.5, 0.6) is 0 Å². The number of pyridine rings is 1. The summed E-state index contributed by atoms with van der Waals surface area (Å²) in [6, 6.07) is 10.6. The number of nitrogens with zero attached hydrogens (tertiary/aromatic N) is 3. The molecule has 0 saturated heterocycles. The van der Waals surface area contributed by atoms with Gasteiger partial charge in [0.1, 0.15) is 5.01 Å². The van der Waals surface area contributed by atoms with Gasteiger partial charge in [0.25, 0.3) is 0 Å². The van der Waals surface area contributed by atoms with Crippen molar-refractivity contribution >= 4 is 27.4 Å². The van der Waals surface area contributed by atoms with Gasteiger partial charge in [0, 0.05) is 22.7 Å². The second-order valence-corrected chi connectivity index (χ2v) is 6.17. The van der Waals surface area contributed by atoms with Crippen LogP contribution in [0.4, 0.5) is 5.13 Å². The summed E-state index contributed by atoms with van der Waals surface area (Å²) in [5, 5.41) is 14.9. The Labute approximate surface area is 128 Å². The summed E-state index contributed by atoms with van der Waals surface area (Å²) >= 11 is 1.59. The SMILES string of the molecule is CCC(C)Nc1nnc(-c2cc(C)nc3ccccc23)s1. The number of aromatic nitrogens is 3. The lowest BCUT2D eigenvalue weighted by atomic mass is 10.1. The van der Waals surface area contributed by atoms with Crippen LogP contribution in [0, 0.1) is 6.92 Å². The summed E-state index contributed by atoms with van der Waals surface area (Å²) in [5.74, 6) is 0. The summed E-state index contributed by atoms with van der Waals surface area (Å²) in [4.78, 5) is 4.57. The van der Waals surface area contributed by atoms with Crippen molar-refractivity contribution in [2.24, 2.45) is 0 Å². The summed E-state index contributed by atoms with van der Waals surface area (Å²) in [6.07, 6.45) is 1.06. The van der Waals surface area contributed by atoms with Gasteiger partial charge >= 0.3 is 0 Å². The van der Waals surface area contributed by atoms with Crippen molar-refractivity contribution < 1.29 is 0 Å². The van der Waals surface area contributed by atoms with Gasteiger partial charge in [-0.2, -0.15) is 0 Å². The molecule has 2 aromatic heterocycles. The Hall–Kier alpha value is -2.01. The second kappa shape index (κ2) is 5.77. The number of benzene rings is 1. The second-order valence-electron chi connectivity index (χ2n) is 5.19. The number of hydrogen-bond acceptors (Lipinski definition) is 5. The van der Waals surface area contributed by atoms with Crippen LogP contribution < -0.4 is 5.32 Å². The zero-order chi connectivity index (χ0) is 14.8. The van der Waals surface area contributed by atoms with Gasteiger partial charge in [-0.25, -0.2) is 0 Å². The van der Waals surface area contributed by atoms with E-state index in [1.165, 1.54) is 0 Å². The molecule has 3 rings (SSSR count). The number of rotatable bonds is 4. The Bertz CT molecular complexity index is 766. The fraction of sp³-hybridized carbons (Fsp3) is 0.312. The smallest absolute Gasteiger partial charge is 0.206 e. The number of fused-ring (bicyclic) bond motifs is 1. The molecule has 0 saturated carbocycles. The third kappa shape index (κ3) is 2.88. The van der Waals surface area contributed by atoms with Gasteiger partial charge in [-0.3, -0.25) is 4.98 Å². The highest BCUT2D eigenvalue weighted by atomic mass is 32.1. The highest BCUT2D eigenvalue weighted by Gasteiger charge is 2.12. The molecule has 2 heterocycles. The molecule has 108 valence electrons. The average Bonchev–Trinajstić information content (AvgIpc) is 2.94. The molecule has 1 atom stereocenters. The first kappa shape index (κ1) is 13.9. The van der Waals surface area contributed by atoms with Crippen LogP contribution in [-0.4, -0.2) is 21.2 Å². The minimum Gasteiger partial charge on any atom is -0.358 e. The minimum atomic E-state index is 0.404. The lowest BCUT2D eigenvalue weighted by Crippen LogP contribution is -2.12. The lowest BCUT2D eigenvalue weighted by Gasteiger charge is -2.08. The molecule has 1 N–H and O–H groups in total. The average molecular weight is 298 g/mol. The summed E-state index contributed by atoms with van der Waals surface area (Å²) in [7, 11) is 0. The number of anilines is 1. The molecule has 0 fully saturated rings. The first-order chi connectivity index (χ1) is 10.2. The van der Waals surface area contributed by atoms with Gasteiger partial charge in [0.15, 0.2) is 0 Å². The molecule has 1 aromatic carbocycles. The van der Waals surface area contributed by atoms with Crippen molar-refractivity contribution in [1.82, 2.24) is 15.2 Å². The van der Waals surface area contributed by atoms with Crippen molar-refractivity contribution in [1.29, 1.82) is 0 Å². The van der Waals surface area contributed by atoms with E-state index in [9.17, 15) is 0 Å². The standard InChI is InChI=1S/C16H18N4S/c1-4-10(2)18-16-20-19-15(21-16)13-9-11(3)17-14-8-6-5-7-12(13)14/h5-10H,4H2,1-3H3,(H,18,20). The number of hydrogen-bond donors (Lipinski definition) is 1. The maximum atomic E-state index is 4.57. The van der Waals surface area contributed by atoms with Gasteiger partial charge in [-0.15, -0.1) is 10.2 Å². The van der Waals surface area contributed by atoms with Crippen molar-refractivity contribution in [3.8, 4) is 10.6 Å². The largest absolute Gasteiger partial charge is 0.358 e. The Morgan fingerprint density at radius 2 is 2.05 bits per heavy atom. The van der Waals surface area contributed by atoms with Crippen LogP contribution in [-0.2, 0) is 0 Å². The van der Waals surface area contributed by atoms with Crippen LogP contribution in [0.15, 0.2) is 30.3 Å². The Morgan fingerprint density at radius 1 is 1.24 bits per heavy atom. The van der Waals surface area contributed by atoms with E-state index in [4.69, 9.17) is 0 Å². The summed E-state index contributed by atoms with van der Waals surface area (Å²) < 4.78 is 0. The third-order valence-corrected chi connectivity index (χ3v) is 4.37. The molecule has 0 radical (unpaired) electrons. The maximum Gasteiger partial charge on any atom is 0.206 e. The van der Waals surface area contributed by atoms with Crippen LogP contribution in [0.2, 0.25) is 0 Å². The topological polar surface area (TPSA) is 50.7 Å². The summed E-state index contributed by atoms with van der Waals surface area (Å²) in [5.41, 5.74) is 3.10. The molecule has 3 aromatic rings. The quantitative estimate of drug-likeness (QED) is 0.781. The molecule has 0 bridgehead atoms. The van der Waals surface area contributed by atoms with Gasteiger partial charge < -0.3 is 5.32 Å². The van der Waals surface area contributed by atoms with Gasteiger partial charge in [-0.1, -0.05) is 36.5 Å². The Kier molecular flexibility index (Phi) is 3.84. The van der Waals surface area contributed by atoms with E-state index in [1.54, 1.807) is 11.3 Å². The molecule has 4 nitrogen and oxygen atoms in total. The fourth-order valence-corrected chi connectivity index (χ4v) is 3.07. The molecule has 0 amide bonds. The third-order valence-electron chi connectivity index (χ3n) is 3.48. The molecule has 0 spiro atoms. The fourth-order valence-electron chi connectivity index (χ4n) is 2.19. The maximum absolute atomic E-state index is 4.57. The predicted molar refractivity (Wildman–Crippen MR) is 88.8 cm³/mol. The number of aryl methyl sites for hydroxylation is 1. The molecule has 0 aliphatic rings. The van der Waals surface area contributed by atoms with Crippen LogP contribution in [0.1, 0.15) is 26.0 Å². The number of para-hydroxylation sites is 1. The minimum absolute atomic E-state index is 0.404. The zero-order valence-corrected chi connectivity index (χ0v) is 13.2. The molecule has 5 heteroatoms. The van der Waals surface area contributed by atoms with E-state index in [0.717, 1.165) is 38.7 Å². The first-order valence-corrected chi connectivity index (χ1v) is 7.96. The van der Waals surface area contributed by atoms with E-state index < -0.39 is 0 Å². The van der Waals surface area contributed by atoms with Crippen molar-refractivity contribution in [2.75, 3.05) is 5.32 Å². The highest BCUT2D eigenvalue weighted by Crippen LogP contribution is 2.32. The van der Waals surface area contributed by atoms with Crippen LogP contribution >= 0.6 is 11.3 Å². The highest BCUT2D eigenvalue weighted by molar-refractivity contribution is 7.18. The number of nitrogens with one attached hydrogen (secondary N) is 1. The molecule has 1 unspecified atom stereocenters. The van der Waals surface area contributed by atoms with E-state index in [-0.39, 0.29) is 0 Å². The molecule has 0 aliphatic heterocycles. The molecular formula is C16H18N4S. The monoisotopic (exact) mass is 298 g/mol. The molecule has 0 aliphatic carbocycles.